The lowest BCUT2D eigenvalue weighted by atomic mass is 9.99. The van der Waals surface area contributed by atoms with E-state index in [4.69, 9.17) is 0 Å². The Kier molecular flexibility index (Phi) is 5.45. The molecule has 0 amide bonds. The third-order valence-corrected chi connectivity index (χ3v) is 5.16. The highest BCUT2D eigenvalue weighted by Gasteiger charge is 2.46. The number of halogens is 1. The van der Waals surface area contributed by atoms with E-state index in [0.29, 0.717) is 16.9 Å². The van der Waals surface area contributed by atoms with Crippen molar-refractivity contribution in [2.75, 3.05) is 5.32 Å². The van der Waals surface area contributed by atoms with Gasteiger partial charge in [-0.1, -0.05) is 26.5 Å². The van der Waals surface area contributed by atoms with Crippen molar-refractivity contribution >= 4 is 5.95 Å². The van der Waals surface area contributed by atoms with Crippen LogP contribution in [0, 0.1) is 18.2 Å². The predicted octanol–water partition coefficient (Wildman–Crippen LogP) is 6.01. The molecular formula is C23H29FN4. The summed E-state index contributed by atoms with van der Waals surface area (Å²) in [5, 5.41) is 2.96. The number of hydrogen-bond donors (Lipinski definition) is 2. The van der Waals surface area contributed by atoms with Gasteiger partial charge in [0.25, 0.3) is 0 Å². The van der Waals surface area contributed by atoms with Gasteiger partial charge in [-0.3, -0.25) is 0 Å². The monoisotopic (exact) mass is 380 g/mol. The van der Waals surface area contributed by atoms with Gasteiger partial charge in [0.1, 0.15) is 5.82 Å². The van der Waals surface area contributed by atoms with Crippen LogP contribution in [0.3, 0.4) is 0 Å². The van der Waals surface area contributed by atoms with Crippen molar-refractivity contribution < 1.29 is 4.39 Å². The van der Waals surface area contributed by atoms with E-state index in [9.17, 15) is 4.39 Å². The predicted molar refractivity (Wildman–Crippen MR) is 114 cm³/mol. The highest BCUT2D eigenvalue weighted by Crippen LogP contribution is 2.58. The number of hydrogen-bond acceptors (Lipinski definition) is 2. The minimum atomic E-state index is -0.140. The second-order valence-electron chi connectivity index (χ2n) is 8.31. The normalized spacial score (nSPS) is 16.9. The van der Waals surface area contributed by atoms with Crippen molar-refractivity contribution in [3.8, 4) is 11.3 Å². The van der Waals surface area contributed by atoms with Gasteiger partial charge in [-0.25, -0.2) is 9.37 Å². The molecule has 5 heteroatoms. The summed E-state index contributed by atoms with van der Waals surface area (Å²) in [4.78, 5) is 7.05. The first-order valence-electron chi connectivity index (χ1n) is 9.52. The maximum Gasteiger partial charge on any atom is 0.204 e. The molecule has 3 aromatic rings. The highest BCUT2D eigenvalue weighted by atomic mass is 19.1. The topological polar surface area (TPSA) is 45.6 Å². The number of nitrogens with zero attached hydrogens (tertiary/aromatic N) is 2. The maximum absolute atomic E-state index is 14.0. The molecule has 4 nitrogen and oxygen atoms in total. The zero-order valence-electron chi connectivity index (χ0n) is 17.3. The Bertz CT molecular complexity index is 980. The molecule has 1 atom stereocenters. The van der Waals surface area contributed by atoms with Crippen molar-refractivity contribution in [3.05, 3.63) is 72.1 Å². The number of rotatable bonds is 4. The molecule has 1 aromatic carbocycles. The van der Waals surface area contributed by atoms with Crippen LogP contribution in [0.4, 0.5) is 10.3 Å². The van der Waals surface area contributed by atoms with E-state index in [1.54, 1.807) is 12.3 Å². The second kappa shape index (κ2) is 7.66. The Morgan fingerprint density at radius 1 is 1.36 bits per heavy atom. The molecule has 0 aliphatic heterocycles. The van der Waals surface area contributed by atoms with Crippen LogP contribution in [-0.4, -0.2) is 14.5 Å². The molecule has 0 radical (unpaired) electrons. The van der Waals surface area contributed by atoms with Crippen molar-refractivity contribution in [3.63, 3.8) is 0 Å². The Labute approximate surface area is 166 Å². The van der Waals surface area contributed by atoms with Gasteiger partial charge in [-0.2, -0.15) is 0 Å². The third-order valence-electron chi connectivity index (χ3n) is 5.16. The number of nitrogens with one attached hydrogen (secondary N) is 2. The smallest absolute Gasteiger partial charge is 0.204 e. The second-order valence-corrected chi connectivity index (χ2v) is 8.31. The zero-order valence-corrected chi connectivity index (χ0v) is 17.3. The van der Waals surface area contributed by atoms with Crippen molar-refractivity contribution in [2.24, 2.45) is 12.5 Å². The average molecular weight is 381 g/mol. The fourth-order valence-corrected chi connectivity index (χ4v) is 3.41. The molecule has 1 aliphatic carbocycles. The molecule has 4 rings (SSSR count). The van der Waals surface area contributed by atoms with Crippen LogP contribution in [0.25, 0.3) is 11.3 Å². The molecule has 28 heavy (non-hydrogen) atoms. The first-order chi connectivity index (χ1) is 13.2. The highest BCUT2D eigenvalue weighted by molar-refractivity contribution is 5.62. The first kappa shape index (κ1) is 19.9. The van der Waals surface area contributed by atoms with Gasteiger partial charge in [0, 0.05) is 36.4 Å². The molecular weight excluding hydrogens is 351 g/mol. The number of aryl methyl sites for hydroxylation is 2. The first-order valence-corrected chi connectivity index (χ1v) is 9.52. The number of aromatic amines is 1. The van der Waals surface area contributed by atoms with Gasteiger partial charge in [-0.05, 0) is 61.4 Å². The maximum atomic E-state index is 14.0. The number of imidazole rings is 1. The zero-order chi connectivity index (χ0) is 20.5. The van der Waals surface area contributed by atoms with Gasteiger partial charge in [0.05, 0.1) is 5.69 Å². The summed E-state index contributed by atoms with van der Waals surface area (Å²) in [6.45, 7) is 12.1. The number of benzene rings is 1. The lowest BCUT2D eigenvalue weighted by molar-refractivity contribution is 0.615. The van der Waals surface area contributed by atoms with Gasteiger partial charge in [0.15, 0.2) is 0 Å². The number of H-pyrrole nitrogens is 1. The van der Waals surface area contributed by atoms with E-state index >= 15 is 0 Å². The van der Waals surface area contributed by atoms with Crippen LogP contribution in [0.15, 0.2) is 55.0 Å². The van der Waals surface area contributed by atoms with Crippen LogP contribution in [0.5, 0.6) is 0 Å². The summed E-state index contributed by atoms with van der Waals surface area (Å²) < 4.78 is 15.9. The van der Waals surface area contributed by atoms with Crippen molar-refractivity contribution in [1.29, 1.82) is 0 Å². The number of allylic oxidation sites excluding steroid dienone is 1. The van der Waals surface area contributed by atoms with Gasteiger partial charge >= 0.3 is 0 Å². The van der Waals surface area contributed by atoms with E-state index in [-0.39, 0.29) is 5.82 Å². The summed E-state index contributed by atoms with van der Waals surface area (Å²) >= 11 is 0. The quantitative estimate of drug-likeness (QED) is 0.582. The van der Waals surface area contributed by atoms with E-state index in [0.717, 1.165) is 23.0 Å². The van der Waals surface area contributed by atoms with Crippen LogP contribution < -0.4 is 5.32 Å². The summed E-state index contributed by atoms with van der Waals surface area (Å²) in [5.74, 6) is 1.20. The number of aromatic nitrogens is 3. The average Bonchev–Trinajstić information content (AvgIpc) is 2.93. The summed E-state index contributed by atoms with van der Waals surface area (Å²) in [6, 6.07) is 9.46. The van der Waals surface area contributed by atoms with E-state index in [1.165, 1.54) is 12.0 Å². The van der Waals surface area contributed by atoms with Crippen molar-refractivity contribution in [2.45, 2.75) is 40.0 Å². The molecule has 1 aliphatic rings. The molecule has 2 N–H and O–H groups in total. The van der Waals surface area contributed by atoms with E-state index < -0.39 is 0 Å². The van der Waals surface area contributed by atoms with Crippen molar-refractivity contribution in [1.82, 2.24) is 14.5 Å². The standard InChI is InChI=1S/C16H18FN.C7H11N3/c1-16(2)10-13(16)11-6-7-14(17)12(9-11)15-5-4-8-18(15)3;1-5(2)9-7-8-4-6(3)10-7/h4-9,13H,10H2,1-3H3;4H,1H2,2-3H3,(H2,8,9,10)/t13-;/m0./s1. The van der Waals surface area contributed by atoms with Crippen LogP contribution >= 0.6 is 0 Å². The molecule has 0 spiro atoms. The Morgan fingerprint density at radius 2 is 2.07 bits per heavy atom. The molecule has 0 unspecified atom stereocenters. The van der Waals surface area contributed by atoms with Crippen LogP contribution in [0.2, 0.25) is 0 Å². The molecule has 1 saturated carbocycles. The van der Waals surface area contributed by atoms with Gasteiger partial charge in [0.2, 0.25) is 5.95 Å². The molecule has 1 fully saturated rings. The molecule has 148 valence electrons. The molecule has 2 aromatic heterocycles. The minimum absolute atomic E-state index is 0.140. The van der Waals surface area contributed by atoms with E-state index in [1.807, 2.05) is 55.9 Å². The Hall–Kier alpha value is -2.82. The van der Waals surface area contributed by atoms with Gasteiger partial charge < -0.3 is 14.9 Å². The molecule has 0 saturated heterocycles. The summed E-state index contributed by atoms with van der Waals surface area (Å²) in [6.07, 6.45) is 4.92. The largest absolute Gasteiger partial charge is 0.350 e. The lowest BCUT2D eigenvalue weighted by Gasteiger charge is -2.09. The molecule has 2 heterocycles. The molecule has 0 bridgehead atoms. The summed E-state index contributed by atoms with van der Waals surface area (Å²) in [7, 11) is 1.95. The van der Waals surface area contributed by atoms with Crippen LogP contribution in [0.1, 0.15) is 44.4 Å². The van der Waals surface area contributed by atoms with Crippen LogP contribution in [-0.2, 0) is 7.05 Å². The van der Waals surface area contributed by atoms with E-state index in [2.05, 4.69) is 35.7 Å². The summed E-state index contributed by atoms with van der Waals surface area (Å²) in [5.41, 5.74) is 5.22. The lowest BCUT2D eigenvalue weighted by Crippen LogP contribution is -1.95. The fraction of sp³-hybridized carbons (Fsp3) is 0.348. The number of anilines is 1. The van der Waals surface area contributed by atoms with Gasteiger partial charge in [-0.15, -0.1) is 0 Å². The Morgan fingerprint density at radius 3 is 2.57 bits per heavy atom. The Balaban J connectivity index is 0.000000192. The SMILES string of the molecule is C=C(C)Nc1ncc(C)[nH]1.Cn1cccc1-c1cc([C@@H]2CC2(C)C)ccc1F. The third kappa shape index (κ3) is 4.53. The minimum Gasteiger partial charge on any atom is -0.350 e. The fourth-order valence-electron chi connectivity index (χ4n) is 3.41.